The number of anilines is 1. The van der Waals surface area contributed by atoms with Gasteiger partial charge in [-0.3, -0.25) is 9.56 Å². The number of aromatic nitrogens is 4. The summed E-state index contributed by atoms with van der Waals surface area (Å²) in [6.07, 6.45) is 4.75. The minimum atomic E-state index is 0.131. The minimum absolute atomic E-state index is 0.131. The van der Waals surface area contributed by atoms with Crippen molar-refractivity contribution in [2.24, 2.45) is 4.99 Å². The van der Waals surface area contributed by atoms with Crippen molar-refractivity contribution in [3.63, 3.8) is 0 Å². The monoisotopic (exact) mass is 218 g/mol. The van der Waals surface area contributed by atoms with Crippen molar-refractivity contribution in [2.75, 3.05) is 12.8 Å². The van der Waals surface area contributed by atoms with Crippen molar-refractivity contribution < 1.29 is 4.74 Å². The average Bonchev–Trinajstić information content (AvgIpc) is 2.68. The average molecular weight is 218 g/mol. The number of nitrogen functional groups attached to an aromatic ring is 1. The van der Waals surface area contributed by atoms with Gasteiger partial charge in [-0.25, -0.2) is 4.98 Å². The van der Waals surface area contributed by atoms with E-state index in [9.17, 15) is 0 Å². The van der Waals surface area contributed by atoms with Crippen LogP contribution in [0.15, 0.2) is 17.5 Å². The van der Waals surface area contributed by atoms with Crippen LogP contribution in [-0.2, 0) is 0 Å². The zero-order valence-corrected chi connectivity index (χ0v) is 8.66. The molecule has 0 atom stereocenters. The molecular formula is C9H10N6O. The molecule has 2 N–H and O–H groups in total. The lowest BCUT2D eigenvalue weighted by Crippen LogP contribution is -1.99. The molecule has 0 spiro atoms. The van der Waals surface area contributed by atoms with E-state index < -0.39 is 0 Å². The summed E-state index contributed by atoms with van der Waals surface area (Å²) < 4.78 is 6.72. The highest BCUT2D eigenvalue weighted by atomic mass is 16.5. The molecule has 2 heterocycles. The van der Waals surface area contributed by atoms with Gasteiger partial charge >= 0.3 is 0 Å². The molecule has 82 valence electrons. The van der Waals surface area contributed by atoms with E-state index in [4.69, 9.17) is 10.5 Å². The third kappa shape index (κ3) is 1.58. The maximum Gasteiger partial charge on any atom is 0.246 e. The van der Waals surface area contributed by atoms with Gasteiger partial charge in [-0.1, -0.05) is 0 Å². The standard InChI is InChI=1S/C9H10N6O/c1-11-3-4-15-5-12-6-7(15)13-9(10)14-8(6)16-2/h3-5H,1H2,2H3,(H2,10,13,14)/b4-3+. The van der Waals surface area contributed by atoms with Gasteiger partial charge in [0.25, 0.3) is 0 Å². The second kappa shape index (κ2) is 3.97. The first kappa shape index (κ1) is 10.1. The first-order valence-electron chi connectivity index (χ1n) is 4.43. The van der Waals surface area contributed by atoms with Gasteiger partial charge in [0.15, 0.2) is 11.2 Å². The Labute approximate surface area is 91.3 Å². The topological polar surface area (TPSA) is 91.2 Å². The lowest BCUT2D eigenvalue weighted by Gasteiger charge is -2.01. The summed E-state index contributed by atoms with van der Waals surface area (Å²) in [6.45, 7) is 3.34. The number of nitrogens with two attached hydrogens (primary N) is 1. The highest BCUT2D eigenvalue weighted by Crippen LogP contribution is 2.21. The van der Waals surface area contributed by atoms with E-state index in [-0.39, 0.29) is 5.95 Å². The summed E-state index contributed by atoms with van der Waals surface area (Å²) in [5.74, 6) is 0.479. The highest BCUT2D eigenvalue weighted by molar-refractivity contribution is 5.79. The summed E-state index contributed by atoms with van der Waals surface area (Å²) in [5.41, 5.74) is 6.66. The molecule has 0 saturated carbocycles. The lowest BCUT2D eigenvalue weighted by atomic mass is 10.5. The molecular weight excluding hydrogens is 208 g/mol. The normalized spacial score (nSPS) is 11.1. The molecule has 0 radical (unpaired) electrons. The number of hydrogen-bond donors (Lipinski definition) is 1. The third-order valence-electron chi connectivity index (χ3n) is 1.93. The van der Waals surface area contributed by atoms with Crippen molar-refractivity contribution in [3.8, 4) is 5.88 Å². The van der Waals surface area contributed by atoms with Crippen LogP contribution in [0.25, 0.3) is 17.4 Å². The van der Waals surface area contributed by atoms with Crippen LogP contribution in [-0.4, -0.2) is 33.3 Å². The van der Waals surface area contributed by atoms with Crippen LogP contribution in [0, 0.1) is 0 Å². The highest BCUT2D eigenvalue weighted by Gasteiger charge is 2.11. The Balaban J connectivity index is 2.66. The van der Waals surface area contributed by atoms with Crippen LogP contribution in [0.3, 0.4) is 0 Å². The van der Waals surface area contributed by atoms with Crippen LogP contribution >= 0.6 is 0 Å². The van der Waals surface area contributed by atoms with Gasteiger partial charge < -0.3 is 10.5 Å². The second-order valence-corrected chi connectivity index (χ2v) is 2.90. The van der Waals surface area contributed by atoms with Crippen molar-refractivity contribution >= 4 is 30.0 Å². The Morgan fingerprint density at radius 1 is 1.56 bits per heavy atom. The van der Waals surface area contributed by atoms with E-state index in [1.165, 1.54) is 13.3 Å². The summed E-state index contributed by atoms with van der Waals surface area (Å²) in [5, 5.41) is 0. The number of methoxy groups -OCH3 is 1. The molecule has 0 fully saturated rings. The van der Waals surface area contributed by atoms with E-state index in [0.29, 0.717) is 17.0 Å². The van der Waals surface area contributed by atoms with Crippen molar-refractivity contribution in [1.29, 1.82) is 0 Å². The molecule has 16 heavy (non-hydrogen) atoms. The minimum Gasteiger partial charge on any atom is -0.479 e. The maximum absolute atomic E-state index is 5.55. The van der Waals surface area contributed by atoms with Gasteiger partial charge in [-0.05, 0) is 6.72 Å². The number of aliphatic imine (C=N–C) groups is 1. The molecule has 0 aliphatic heterocycles. The molecule has 2 aromatic rings. The molecule has 7 nitrogen and oxygen atoms in total. The molecule has 0 bridgehead atoms. The Hall–Kier alpha value is -2.44. The van der Waals surface area contributed by atoms with Gasteiger partial charge in [0, 0.05) is 12.4 Å². The van der Waals surface area contributed by atoms with Crippen LogP contribution < -0.4 is 10.5 Å². The maximum atomic E-state index is 5.55. The molecule has 0 saturated heterocycles. The predicted molar refractivity (Wildman–Crippen MR) is 61.2 cm³/mol. The van der Waals surface area contributed by atoms with Crippen LogP contribution in [0.2, 0.25) is 0 Å². The summed E-state index contributed by atoms with van der Waals surface area (Å²) >= 11 is 0. The Bertz CT molecular complexity index is 558. The fourth-order valence-electron chi connectivity index (χ4n) is 1.28. The van der Waals surface area contributed by atoms with Crippen molar-refractivity contribution in [1.82, 2.24) is 19.5 Å². The Kier molecular flexibility index (Phi) is 2.50. The Morgan fingerprint density at radius 3 is 3.06 bits per heavy atom. The molecule has 7 heteroatoms. The van der Waals surface area contributed by atoms with Gasteiger partial charge in [-0.15, -0.1) is 0 Å². The number of imidazole rings is 1. The SMILES string of the molecule is C=N/C=C/n1cnc2c(OC)nc(N)nc21. The number of rotatable bonds is 3. The molecule has 0 amide bonds. The van der Waals surface area contributed by atoms with Crippen LogP contribution in [0.5, 0.6) is 5.88 Å². The molecule has 0 aliphatic carbocycles. The van der Waals surface area contributed by atoms with Crippen LogP contribution in [0.4, 0.5) is 5.95 Å². The number of ether oxygens (including phenoxy) is 1. The zero-order chi connectivity index (χ0) is 11.5. The first-order valence-corrected chi connectivity index (χ1v) is 4.43. The second-order valence-electron chi connectivity index (χ2n) is 2.90. The molecule has 2 aromatic heterocycles. The zero-order valence-electron chi connectivity index (χ0n) is 8.66. The largest absolute Gasteiger partial charge is 0.479 e. The smallest absolute Gasteiger partial charge is 0.246 e. The van der Waals surface area contributed by atoms with Crippen molar-refractivity contribution in [3.05, 3.63) is 12.5 Å². The summed E-state index contributed by atoms with van der Waals surface area (Å²) in [4.78, 5) is 15.7. The van der Waals surface area contributed by atoms with Gasteiger partial charge in [0.05, 0.1) is 7.11 Å². The third-order valence-corrected chi connectivity index (χ3v) is 1.93. The van der Waals surface area contributed by atoms with Crippen LogP contribution in [0.1, 0.15) is 0 Å². The van der Waals surface area contributed by atoms with Gasteiger partial charge in [0.2, 0.25) is 11.8 Å². The van der Waals surface area contributed by atoms with Crippen molar-refractivity contribution in [2.45, 2.75) is 0 Å². The first-order chi connectivity index (χ1) is 7.76. The molecule has 0 aliphatic rings. The molecule has 0 unspecified atom stereocenters. The van der Waals surface area contributed by atoms with Gasteiger partial charge in [0.1, 0.15) is 6.33 Å². The Morgan fingerprint density at radius 2 is 2.38 bits per heavy atom. The number of nitrogens with zero attached hydrogens (tertiary/aromatic N) is 5. The lowest BCUT2D eigenvalue weighted by molar-refractivity contribution is 0.402. The van der Waals surface area contributed by atoms with E-state index in [1.807, 2.05) is 0 Å². The van der Waals surface area contributed by atoms with Gasteiger partial charge in [-0.2, -0.15) is 9.97 Å². The summed E-state index contributed by atoms with van der Waals surface area (Å²) in [7, 11) is 1.50. The van der Waals surface area contributed by atoms with E-state index in [2.05, 4.69) is 26.7 Å². The fourth-order valence-corrected chi connectivity index (χ4v) is 1.28. The summed E-state index contributed by atoms with van der Waals surface area (Å²) in [6, 6.07) is 0. The molecule has 2 rings (SSSR count). The number of fused-ring (bicyclic) bond motifs is 1. The van der Waals surface area contributed by atoms with E-state index >= 15 is 0 Å². The quantitative estimate of drug-likeness (QED) is 0.759. The van der Waals surface area contributed by atoms with E-state index in [1.54, 1.807) is 17.1 Å². The fraction of sp³-hybridized carbons (Fsp3) is 0.111. The van der Waals surface area contributed by atoms with E-state index in [0.717, 1.165) is 0 Å². The number of hydrogen-bond acceptors (Lipinski definition) is 6. The molecule has 0 aromatic carbocycles. The predicted octanol–water partition coefficient (Wildman–Crippen LogP) is 0.546.